The SMILES string of the molecule is CCCNS(=O)(=O)c1ccc(C(=O)Nc2ccc(Cl)c(-c3ccccn3)c2)cc1.Cc1nc(N2CCN(C)CC2)ccc1C(=O)Nc1ccc(Cl)c(-c2ccccn2)c1.Cc1nc(NCCCN2CCCC2=O)ccc1C(=O)Nc1ccc(Cl)c(-c2ccccn2)c1.O=C(Nc1ccc(Cl)c(-c2ccccn2)c1)c1ccc(S(=O)(=O)NCCCn2ccnc2)cc1. The lowest BCUT2D eigenvalue weighted by molar-refractivity contribution is -0.127. The highest BCUT2D eigenvalue weighted by Crippen LogP contribution is 2.35. The summed E-state index contributed by atoms with van der Waals surface area (Å²) in [6.45, 7) is 13.1. The summed E-state index contributed by atoms with van der Waals surface area (Å²) in [4.78, 5) is 99.7. The second-order valence-electron chi connectivity index (χ2n) is 29.1. The first-order chi connectivity index (χ1) is 60.8. The first-order valence-corrected chi connectivity index (χ1v) is 45.0. The number of hydrogen-bond donors (Lipinski definition) is 7. The van der Waals surface area contributed by atoms with Crippen LogP contribution in [0.1, 0.15) is 91.8 Å². The standard InChI is InChI=1S/C25H26ClN5O2.C24H22ClN5O3S.C23H24ClN5O.C21H20ClN3O3S/c1-17-19(9-11-23(29-17)28-13-5-15-31-14-4-7-24(31)32)25(33)30-18-8-10-21(26)20(16-18)22-6-2-3-12-27-22;25-22-10-7-19(16-21(22)23-4-1-2-11-27-23)29-24(31)18-5-8-20(9-6-18)34(32,33)28-12-3-14-30-15-13-26-17-30;1-16-18(7-9-22(26-16)29-13-11-28(2)12-14-29)23(30)27-17-6-8-20(24)19(15-17)21-5-3-4-10-25-21;1-2-12-24-29(27,28)17-9-6-15(7-10-17)21(26)25-16-8-11-19(22)18(14-16)20-5-3-4-13-23-20/h2-3,6,8-12,16H,4-5,7,13-15H2,1H3,(H,28,29)(H,30,33);1-2,4-11,13,15-17,28H,3,12,14H2,(H,29,31);3-10,15H,11-14H2,1-2H3,(H,27,30);3-11,13-14,24H,2,12H2,1H3,(H,25,26). The number of sulfonamides is 2. The Bertz CT molecular complexity index is 6160. The Morgan fingerprint density at radius 3 is 1.23 bits per heavy atom. The highest BCUT2D eigenvalue weighted by molar-refractivity contribution is 7.89. The molecule has 7 aromatic heterocycles. The number of halogens is 4. The van der Waals surface area contributed by atoms with Crippen molar-refractivity contribution < 1.29 is 40.8 Å². The lowest BCUT2D eigenvalue weighted by Crippen LogP contribution is -2.44. The summed E-state index contributed by atoms with van der Waals surface area (Å²) in [5.41, 5.74) is 11.3. The monoisotopic (exact) mass is 1810 g/mol. The zero-order valence-electron chi connectivity index (χ0n) is 69.4. The van der Waals surface area contributed by atoms with E-state index in [9.17, 15) is 40.8 Å². The lowest BCUT2D eigenvalue weighted by atomic mass is 10.1. The maximum absolute atomic E-state index is 12.9. The normalized spacial score (nSPS) is 12.6. The van der Waals surface area contributed by atoms with Crippen LogP contribution in [0.4, 0.5) is 34.4 Å². The Morgan fingerprint density at radius 1 is 0.437 bits per heavy atom. The Hall–Kier alpha value is -12.7. The van der Waals surface area contributed by atoms with Crippen molar-refractivity contribution in [2.45, 2.75) is 69.2 Å². The van der Waals surface area contributed by atoms with E-state index in [4.69, 9.17) is 46.4 Å². The Morgan fingerprint density at radius 2 is 0.849 bits per heavy atom. The predicted octanol–water partition coefficient (Wildman–Crippen LogP) is 17.5. The molecule has 2 aliphatic heterocycles. The molecule has 7 N–H and O–H groups in total. The molecule has 0 aliphatic carbocycles. The summed E-state index contributed by atoms with van der Waals surface area (Å²) in [7, 11) is -5.12. The molecular weight excluding hydrogens is 1720 g/mol. The number of aryl methyl sites for hydroxylation is 3. The van der Waals surface area contributed by atoms with Gasteiger partial charge in [0, 0.05) is 165 Å². The van der Waals surface area contributed by atoms with Crippen LogP contribution >= 0.6 is 46.4 Å². The van der Waals surface area contributed by atoms with Crippen molar-refractivity contribution in [2.75, 3.05) is 97.4 Å². The van der Waals surface area contributed by atoms with E-state index in [1.807, 2.05) is 133 Å². The molecule has 0 atom stereocenters. The molecule has 0 bridgehead atoms. The van der Waals surface area contributed by atoms with Gasteiger partial charge in [-0.2, -0.15) is 0 Å². The van der Waals surface area contributed by atoms with E-state index in [-0.39, 0.29) is 45.9 Å². The number of amides is 5. The lowest BCUT2D eigenvalue weighted by Gasteiger charge is -2.33. The smallest absolute Gasteiger partial charge is 0.257 e. The number of carbonyl (C=O) groups excluding carboxylic acids is 5. The van der Waals surface area contributed by atoms with E-state index < -0.39 is 20.0 Å². The number of aromatic nitrogens is 8. The van der Waals surface area contributed by atoms with Gasteiger partial charge in [-0.3, -0.25) is 43.9 Å². The number of likely N-dealkylation sites (N-methyl/N-ethyl adjacent to an activating group) is 1. The van der Waals surface area contributed by atoms with Crippen molar-refractivity contribution in [3.63, 3.8) is 0 Å². The van der Waals surface area contributed by atoms with Gasteiger partial charge in [-0.25, -0.2) is 41.2 Å². The molecule has 0 radical (unpaired) electrons. The fraction of sp³-hybridized carbons (Fsp3) is 0.204. The minimum atomic E-state index is -3.67. The number of likely N-dealkylation sites (tertiary alicyclic amines) is 1. The quantitative estimate of drug-likeness (QED) is 0.0224. The van der Waals surface area contributed by atoms with Crippen LogP contribution in [0.5, 0.6) is 0 Å². The van der Waals surface area contributed by atoms with Crippen LogP contribution in [-0.2, 0) is 31.4 Å². The van der Waals surface area contributed by atoms with E-state index in [0.29, 0.717) is 144 Å². The molecule has 0 spiro atoms. The zero-order valence-corrected chi connectivity index (χ0v) is 74.0. The van der Waals surface area contributed by atoms with Gasteiger partial charge in [0.05, 0.1) is 81.5 Å². The van der Waals surface area contributed by atoms with Gasteiger partial charge in [0.1, 0.15) is 11.6 Å². The molecule has 126 heavy (non-hydrogen) atoms. The minimum Gasteiger partial charge on any atom is -0.370 e. The number of nitrogens with zero attached hydrogens (tertiary/aromatic N) is 11. The van der Waals surface area contributed by atoms with Crippen LogP contribution < -0.4 is 40.9 Å². The maximum atomic E-state index is 12.9. The molecule has 9 heterocycles. The van der Waals surface area contributed by atoms with Gasteiger partial charge in [-0.15, -0.1) is 0 Å². The van der Waals surface area contributed by atoms with Gasteiger partial charge < -0.3 is 45.9 Å². The van der Waals surface area contributed by atoms with Gasteiger partial charge in [-0.05, 0) is 241 Å². The number of nitrogens with one attached hydrogen (secondary N) is 7. The van der Waals surface area contributed by atoms with Crippen LogP contribution in [0.2, 0.25) is 20.1 Å². The van der Waals surface area contributed by atoms with Crippen molar-refractivity contribution >= 4 is 130 Å². The van der Waals surface area contributed by atoms with E-state index in [1.54, 1.807) is 110 Å². The molecular formula is C93H92Cl4N18O9S2. The molecule has 648 valence electrons. The van der Waals surface area contributed by atoms with Gasteiger partial charge >= 0.3 is 0 Å². The molecule has 15 rings (SSSR count). The van der Waals surface area contributed by atoms with Crippen LogP contribution in [0, 0.1) is 13.8 Å². The number of rotatable bonds is 28. The largest absolute Gasteiger partial charge is 0.370 e. The van der Waals surface area contributed by atoms with Crippen LogP contribution in [-0.4, -0.2) is 162 Å². The summed E-state index contributed by atoms with van der Waals surface area (Å²) in [5.74, 6) is 0.706. The average Bonchev–Trinajstić information content (AvgIpc) is 1.02. The zero-order chi connectivity index (χ0) is 89.1. The van der Waals surface area contributed by atoms with Crippen molar-refractivity contribution in [2.24, 2.45) is 0 Å². The molecule has 2 aliphatic rings. The first kappa shape index (κ1) is 92.5. The van der Waals surface area contributed by atoms with E-state index >= 15 is 0 Å². The summed E-state index contributed by atoms with van der Waals surface area (Å²) in [6, 6.07) is 62.1. The molecule has 5 amide bonds. The Kier molecular flexibility index (Phi) is 32.9. The topological polar surface area (TPSA) is 343 Å². The fourth-order valence-electron chi connectivity index (χ4n) is 13.3. The van der Waals surface area contributed by atoms with E-state index in [1.165, 1.54) is 48.5 Å². The van der Waals surface area contributed by atoms with Gasteiger partial charge in [-0.1, -0.05) is 77.6 Å². The number of anilines is 6. The van der Waals surface area contributed by atoms with Crippen molar-refractivity contribution in [3.05, 3.63) is 316 Å². The summed E-state index contributed by atoms with van der Waals surface area (Å²) >= 11 is 25.2. The van der Waals surface area contributed by atoms with Crippen LogP contribution in [0.25, 0.3) is 45.0 Å². The van der Waals surface area contributed by atoms with Crippen LogP contribution in [0.3, 0.4) is 0 Å². The molecule has 33 heteroatoms. The third kappa shape index (κ3) is 26.0. The van der Waals surface area contributed by atoms with Crippen LogP contribution in [0.15, 0.2) is 272 Å². The second-order valence-corrected chi connectivity index (χ2v) is 34.3. The van der Waals surface area contributed by atoms with Crippen molar-refractivity contribution in [3.8, 4) is 45.0 Å². The maximum Gasteiger partial charge on any atom is 0.257 e. The van der Waals surface area contributed by atoms with Crippen molar-refractivity contribution in [1.29, 1.82) is 0 Å². The average molecular weight is 1810 g/mol. The molecule has 0 unspecified atom stereocenters. The molecule has 27 nitrogen and oxygen atoms in total. The molecule has 13 aromatic rings. The summed E-state index contributed by atoms with van der Waals surface area (Å²) in [6.07, 6.45) is 15.7. The highest BCUT2D eigenvalue weighted by atomic mass is 35.5. The second kappa shape index (κ2) is 44.8. The fourth-order valence-corrected chi connectivity index (χ4v) is 16.3. The predicted molar refractivity (Wildman–Crippen MR) is 498 cm³/mol. The third-order valence-electron chi connectivity index (χ3n) is 20.1. The number of benzene rings is 6. The van der Waals surface area contributed by atoms with E-state index in [2.05, 4.69) is 87.8 Å². The van der Waals surface area contributed by atoms with Gasteiger partial charge in [0.25, 0.3) is 23.6 Å². The molecule has 6 aromatic carbocycles. The first-order valence-electron chi connectivity index (χ1n) is 40.5. The molecule has 2 fully saturated rings. The third-order valence-corrected chi connectivity index (χ3v) is 24.3. The molecule has 0 saturated carbocycles. The van der Waals surface area contributed by atoms with Gasteiger partial charge in [0.2, 0.25) is 26.0 Å². The summed E-state index contributed by atoms with van der Waals surface area (Å²) < 4.78 is 56.3. The number of pyridine rings is 6. The Labute approximate surface area is 752 Å². The summed E-state index contributed by atoms with van der Waals surface area (Å²) in [5, 5.41) is 16.9. The minimum absolute atomic E-state index is 0.0932. The Balaban J connectivity index is 0.000000153. The number of piperazine rings is 1. The van der Waals surface area contributed by atoms with Gasteiger partial charge in [0.15, 0.2) is 0 Å². The van der Waals surface area contributed by atoms with E-state index in [0.717, 1.165) is 80.4 Å². The number of imidazole rings is 1. The number of carbonyl (C=O) groups is 5. The highest BCUT2D eigenvalue weighted by Gasteiger charge is 2.24. The molecule has 2 saturated heterocycles. The van der Waals surface area contributed by atoms with Crippen molar-refractivity contribution in [1.82, 2.24) is 58.7 Å². The number of hydrogen-bond acceptors (Lipinski definition) is 19.